The Bertz CT molecular complexity index is 699. The summed E-state index contributed by atoms with van der Waals surface area (Å²) in [6.07, 6.45) is 5.30. The molecule has 0 saturated carbocycles. The number of thiophene rings is 1. The predicted molar refractivity (Wildman–Crippen MR) is 87.6 cm³/mol. The SMILES string of the molecule is CC(C)n1ncc(NCc2cc3c(s2)CCC3)c(Cl)c1=O. The summed E-state index contributed by atoms with van der Waals surface area (Å²) in [5.74, 6) is 0. The maximum atomic E-state index is 12.1. The molecule has 0 spiro atoms. The van der Waals surface area contributed by atoms with Crippen molar-refractivity contribution >= 4 is 28.6 Å². The van der Waals surface area contributed by atoms with Gasteiger partial charge >= 0.3 is 0 Å². The molecule has 0 radical (unpaired) electrons. The normalized spacial score (nSPS) is 13.7. The van der Waals surface area contributed by atoms with Crippen LogP contribution >= 0.6 is 22.9 Å². The molecule has 0 aliphatic heterocycles. The number of anilines is 1. The van der Waals surface area contributed by atoms with Crippen LogP contribution in [0.4, 0.5) is 5.69 Å². The van der Waals surface area contributed by atoms with Gasteiger partial charge in [0.2, 0.25) is 0 Å². The van der Waals surface area contributed by atoms with E-state index in [1.54, 1.807) is 6.20 Å². The van der Waals surface area contributed by atoms with Crippen molar-refractivity contribution in [2.75, 3.05) is 5.32 Å². The monoisotopic (exact) mass is 323 g/mol. The molecule has 0 bridgehead atoms. The minimum absolute atomic E-state index is 0.00400. The first-order valence-electron chi connectivity index (χ1n) is 7.18. The lowest BCUT2D eigenvalue weighted by Gasteiger charge is -2.11. The topological polar surface area (TPSA) is 46.9 Å². The smallest absolute Gasteiger partial charge is 0.287 e. The van der Waals surface area contributed by atoms with Gasteiger partial charge in [0.25, 0.3) is 5.56 Å². The first-order chi connectivity index (χ1) is 10.1. The van der Waals surface area contributed by atoms with Crippen molar-refractivity contribution in [1.82, 2.24) is 9.78 Å². The Kier molecular flexibility index (Phi) is 4.04. The number of nitrogens with one attached hydrogen (secondary N) is 1. The molecule has 6 heteroatoms. The molecule has 2 heterocycles. The lowest BCUT2D eigenvalue weighted by atomic mass is 10.2. The number of fused-ring (bicyclic) bond motifs is 1. The van der Waals surface area contributed by atoms with Gasteiger partial charge in [-0.15, -0.1) is 11.3 Å². The van der Waals surface area contributed by atoms with Crippen LogP contribution in [0.25, 0.3) is 0 Å². The van der Waals surface area contributed by atoms with Gasteiger partial charge in [0.15, 0.2) is 0 Å². The van der Waals surface area contributed by atoms with E-state index in [9.17, 15) is 4.79 Å². The highest BCUT2D eigenvalue weighted by Crippen LogP contribution is 2.31. The van der Waals surface area contributed by atoms with Crippen molar-refractivity contribution in [2.45, 2.75) is 45.7 Å². The van der Waals surface area contributed by atoms with Crippen LogP contribution in [0.3, 0.4) is 0 Å². The summed E-state index contributed by atoms with van der Waals surface area (Å²) in [6.45, 7) is 4.50. The van der Waals surface area contributed by atoms with E-state index in [1.807, 2.05) is 25.2 Å². The van der Waals surface area contributed by atoms with Gasteiger partial charge in [0.1, 0.15) is 5.02 Å². The molecule has 0 unspecified atom stereocenters. The molecule has 2 aromatic rings. The zero-order valence-corrected chi connectivity index (χ0v) is 13.7. The highest BCUT2D eigenvalue weighted by molar-refractivity contribution is 7.12. The predicted octanol–water partition coefficient (Wildman–Crippen LogP) is 3.64. The lowest BCUT2D eigenvalue weighted by molar-refractivity contribution is 0.503. The number of hydrogen-bond donors (Lipinski definition) is 1. The van der Waals surface area contributed by atoms with E-state index in [-0.39, 0.29) is 16.6 Å². The summed E-state index contributed by atoms with van der Waals surface area (Å²) in [5.41, 5.74) is 1.84. The second-order valence-electron chi connectivity index (χ2n) is 5.58. The number of aromatic nitrogens is 2. The van der Waals surface area contributed by atoms with Crippen molar-refractivity contribution in [1.29, 1.82) is 0 Å². The minimum atomic E-state index is -0.245. The molecule has 4 nitrogen and oxygen atoms in total. The summed E-state index contributed by atoms with van der Waals surface area (Å²) in [4.78, 5) is 14.9. The van der Waals surface area contributed by atoms with Crippen molar-refractivity contribution in [3.8, 4) is 0 Å². The first kappa shape index (κ1) is 14.6. The third-order valence-corrected chi connectivity index (χ3v) is 5.29. The van der Waals surface area contributed by atoms with Gasteiger partial charge in [0.05, 0.1) is 17.9 Å². The fourth-order valence-electron chi connectivity index (χ4n) is 2.60. The number of rotatable bonds is 4. The second kappa shape index (κ2) is 5.81. The Balaban J connectivity index is 1.76. The van der Waals surface area contributed by atoms with Crippen LogP contribution < -0.4 is 10.9 Å². The van der Waals surface area contributed by atoms with E-state index >= 15 is 0 Å². The number of aryl methyl sites for hydroxylation is 2. The Morgan fingerprint density at radius 2 is 2.29 bits per heavy atom. The van der Waals surface area contributed by atoms with Crippen LogP contribution in [0.15, 0.2) is 17.1 Å². The van der Waals surface area contributed by atoms with Gasteiger partial charge < -0.3 is 5.32 Å². The number of nitrogens with zero attached hydrogens (tertiary/aromatic N) is 2. The standard InChI is InChI=1S/C15H18ClN3OS/c1-9(2)19-15(20)14(16)12(8-18-19)17-7-11-6-10-4-3-5-13(10)21-11/h6,8-9,17H,3-5,7H2,1-2H3. The van der Waals surface area contributed by atoms with Gasteiger partial charge in [-0.1, -0.05) is 11.6 Å². The molecule has 0 saturated heterocycles. The van der Waals surface area contributed by atoms with Crippen LogP contribution in [0.1, 0.15) is 41.6 Å². The first-order valence-corrected chi connectivity index (χ1v) is 8.37. The molecule has 1 N–H and O–H groups in total. The molecule has 3 rings (SSSR count). The molecule has 0 atom stereocenters. The van der Waals surface area contributed by atoms with Crippen LogP contribution in [-0.4, -0.2) is 9.78 Å². The molecular weight excluding hydrogens is 306 g/mol. The average Bonchev–Trinajstić information content (AvgIpc) is 3.01. The van der Waals surface area contributed by atoms with Crippen LogP contribution in [0.2, 0.25) is 5.02 Å². The summed E-state index contributed by atoms with van der Waals surface area (Å²) in [7, 11) is 0. The zero-order chi connectivity index (χ0) is 15.0. The van der Waals surface area contributed by atoms with Gasteiger partial charge in [-0.2, -0.15) is 5.10 Å². The maximum absolute atomic E-state index is 12.1. The third-order valence-electron chi connectivity index (χ3n) is 3.68. The average molecular weight is 324 g/mol. The van der Waals surface area contributed by atoms with E-state index in [1.165, 1.54) is 39.3 Å². The van der Waals surface area contributed by atoms with Crippen LogP contribution in [0.5, 0.6) is 0 Å². The summed E-state index contributed by atoms with van der Waals surface area (Å²) in [6, 6.07) is 2.26. The van der Waals surface area contributed by atoms with Crippen LogP contribution in [-0.2, 0) is 19.4 Å². The third kappa shape index (κ3) is 2.85. The lowest BCUT2D eigenvalue weighted by Crippen LogP contribution is -2.25. The van der Waals surface area contributed by atoms with Crippen molar-refractivity contribution in [3.05, 3.63) is 43.0 Å². The molecule has 1 aliphatic rings. The van der Waals surface area contributed by atoms with Crippen molar-refractivity contribution in [2.24, 2.45) is 0 Å². The van der Waals surface area contributed by atoms with Gasteiger partial charge in [0, 0.05) is 16.3 Å². The van der Waals surface area contributed by atoms with Crippen molar-refractivity contribution < 1.29 is 0 Å². The molecule has 112 valence electrons. The zero-order valence-electron chi connectivity index (χ0n) is 12.1. The second-order valence-corrected chi connectivity index (χ2v) is 7.18. The van der Waals surface area contributed by atoms with E-state index < -0.39 is 0 Å². The molecule has 0 fully saturated rings. The number of hydrogen-bond acceptors (Lipinski definition) is 4. The molecular formula is C15H18ClN3OS. The Hall–Kier alpha value is -1.33. The Morgan fingerprint density at radius 3 is 3.00 bits per heavy atom. The van der Waals surface area contributed by atoms with Crippen molar-refractivity contribution in [3.63, 3.8) is 0 Å². The maximum Gasteiger partial charge on any atom is 0.287 e. The number of halogens is 1. The minimum Gasteiger partial charge on any atom is -0.377 e. The van der Waals surface area contributed by atoms with Gasteiger partial charge in [-0.05, 0) is 44.7 Å². The van der Waals surface area contributed by atoms with Gasteiger partial charge in [-0.3, -0.25) is 4.79 Å². The van der Waals surface area contributed by atoms with E-state index in [0.29, 0.717) is 12.2 Å². The quantitative estimate of drug-likeness (QED) is 0.934. The highest BCUT2D eigenvalue weighted by Gasteiger charge is 2.15. The summed E-state index contributed by atoms with van der Waals surface area (Å²) >= 11 is 8.00. The molecule has 0 aromatic carbocycles. The largest absolute Gasteiger partial charge is 0.377 e. The molecule has 2 aromatic heterocycles. The molecule has 0 amide bonds. The van der Waals surface area contributed by atoms with E-state index in [0.717, 1.165) is 0 Å². The van der Waals surface area contributed by atoms with Crippen LogP contribution in [0, 0.1) is 0 Å². The fourth-order valence-corrected chi connectivity index (χ4v) is 4.00. The van der Waals surface area contributed by atoms with Gasteiger partial charge in [-0.25, -0.2) is 4.68 Å². The highest BCUT2D eigenvalue weighted by atomic mass is 35.5. The molecule has 21 heavy (non-hydrogen) atoms. The summed E-state index contributed by atoms with van der Waals surface area (Å²) < 4.78 is 1.40. The summed E-state index contributed by atoms with van der Waals surface area (Å²) in [5, 5.41) is 7.60. The van der Waals surface area contributed by atoms with E-state index in [4.69, 9.17) is 11.6 Å². The Labute approximate surface area is 132 Å². The van der Waals surface area contributed by atoms with E-state index in [2.05, 4.69) is 16.5 Å². The molecule has 1 aliphatic carbocycles. The fraction of sp³-hybridized carbons (Fsp3) is 0.467. The Morgan fingerprint density at radius 1 is 1.48 bits per heavy atom.